The van der Waals surface area contributed by atoms with Gasteiger partial charge >= 0.3 is 5.97 Å². The van der Waals surface area contributed by atoms with Gasteiger partial charge in [-0.3, -0.25) is 9.20 Å². The van der Waals surface area contributed by atoms with E-state index in [1.165, 1.54) is 41.0 Å². The van der Waals surface area contributed by atoms with Crippen LogP contribution in [0.5, 0.6) is 0 Å². The van der Waals surface area contributed by atoms with E-state index < -0.39 is 5.97 Å². The van der Waals surface area contributed by atoms with Crippen molar-refractivity contribution < 1.29 is 19.1 Å². The number of benzene rings is 1. The lowest BCUT2D eigenvalue weighted by molar-refractivity contribution is 0.0684. The number of nitrogens with two attached hydrogens (primary N) is 2. The number of hydrogen-bond acceptors (Lipinski definition) is 8. The fourth-order valence-electron chi connectivity index (χ4n) is 4.40. The highest BCUT2D eigenvalue weighted by Crippen LogP contribution is 2.48. The number of carboxylic acids is 1. The summed E-state index contributed by atoms with van der Waals surface area (Å²) in [7, 11) is 0. The van der Waals surface area contributed by atoms with Crippen molar-refractivity contribution >= 4 is 44.6 Å². The molecule has 1 saturated carbocycles. The fraction of sp³-hybridized carbons (Fsp3) is 0.273. The summed E-state index contributed by atoms with van der Waals surface area (Å²) >= 11 is 2.62. The van der Waals surface area contributed by atoms with E-state index >= 15 is 0 Å². The quantitative estimate of drug-likeness (QED) is 0.391. The van der Waals surface area contributed by atoms with E-state index in [4.69, 9.17) is 16.6 Å². The first-order chi connectivity index (χ1) is 16.4. The summed E-state index contributed by atoms with van der Waals surface area (Å²) in [5, 5.41) is 10.7. The molecule has 0 spiro atoms. The van der Waals surface area contributed by atoms with Crippen molar-refractivity contribution in [2.24, 2.45) is 11.7 Å². The van der Waals surface area contributed by atoms with Crippen molar-refractivity contribution in [2.75, 3.05) is 12.3 Å². The van der Waals surface area contributed by atoms with Crippen LogP contribution in [0, 0.1) is 11.7 Å². The minimum Gasteiger partial charge on any atom is -0.477 e. The molecule has 9 nitrogen and oxygen atoms in total. The Morgan fingerprint density at radius 1 is 1.29 bits per heavy atom. The molecule has 1 aromatic carbocycles. The van der Waals surface area contributed by atoms with Gasteiger partial charge in [0.25, 0.3) is 5.91 Å². The maximum Gasteiger partial charge on any atom is 0.354 e. The zero-order valence-corrected chi connectivity index (χ0v) is 19.4. The van der Waals surface area contributed by atoms with Crippen molar-refractivity contribution in [3.63, 3.8) is 0 Å². The highest BCUT2D eigenvalue weighted by molar-refractivity contribution is 7.19. The number of carbonyl (C=O) groups excluding carboxylic acids is 1. The highest BCUT2D eigenvalue weighted by Gasteiger charge is 2.54. The van der Waals surface area contributed by atoms with Crippen molar-refractivity contribution in [2.45, 2.75) is 24.9 Å². The van der Waals surface area contributed by atoms with Gasteiger partial charge in [-0.1, -0.05) is 23.5 Å². The van der Waals surface area contributed by atoms with Gasteiger partial charge in [-0.15, -0.1) is 11.3 Å². The Labute approximate surface area is 201 Å². The summed E-state index contributed by atoms with van der Waals surface area (Å²) in [6, 6.07) is 6.48. The molecule has 2 fully saturated rings. The lowest BCUT2D eigenvalue weighted by Crippen LogP contribution is -2.42. The summed E-state index contributed by atoms with van der Waals surface area (Å²) in [6.45, 7) is 0.452. The number of halogens is 1. The third-order valence-corrected chi connectivity index (χ3v) is 7.72. The van der Waals surface area contributed by atoms with Crippen LogP contribution in [-0.4, -0.2) is 54.9 Å². The van der Waals surface area contributed by atoms with Gasteiger partial charge in [0.1, 0.15) is 11.5 Å². The normalized spacial score (nSPS) is 20.6. The standard InChI is InChI=1S/C16H17FN4OS.C6H4N2O2S/c17-10-3-1-2-8(4-10)14-13(20-16(19)23-14)15(22)21-11(7-18)5-9-6-12(9)21;9-5(10)4-3-7-6-8(4)1-2-11-6/h1-4,9,11-12H,5-7,18H2,(H2,19,20);1-3H,(H,9,10)/t9-,11+,12+;/m1./s1. The molecule has 0 bridgehead atoms. The van der Waals surface area contributed by atoms with E-state index in [2.05, 4.69) is 9.97 Å². The largest absolute Gasteiger partial charge is 0.477 e. The molecule has 1 aliphatic heterocycles. The van der Waals surface area contributed by atoms with Crippen molar-refractivity contribution in [3.05, 3.63) is 59.2 Å². The lowest BCUT2D eigenvalue weighted by Gasteiger charge is -2.26. The minimum atomic E-state index is -0.948. The molecule has 1 saturated heterocycles. The zero-order valence-electron chi connectivity index (χ0n) is 17.8. The molecule has 4 aromatic rings. The summed E-state index contributed by atoms with van der Waals surface area (Å²) < 4.78 is 15.1. The minimum absolute atomic E-state index is 0.0644. The number of anilines is 1. The number of carbonyl (C=O) groups is 2. The Kier molecular flexibility index (Phi) is 5.80. The number of nitrogen functional groups attached to an aromatic ring is 1. The third kappa shape index (κ3) is 4.04. The first-order valence-corrected chi connectivity index (χ1v) is 12.3. The van der Waals surface area contributed by atoms with Crippen LogP contribution in [0.4, 0.5) is 9.52 Å². The first-order valence-electron chi connectivity index (χ1n) is 10.6. The van der Waals surface area contributed by atoms with Gasteiger partial charge in [0.15, 0.2) is 15.8 Å². The van der Waals surface area contributed by atoms with Crippen LogP contribution >= 0.6 is 22.7 Å². The molecule has 34 heavy (non-hydrogen) atoms. The SMILES string of the molecule is NC[C@@H]1C[C@@H]2C[C@@H]2N1C(=O)c1nc(N)sc1-c1cccc(F)c1.O=C(O)c1cnc2sccn12. The molecular weight excluding hydrogens is 479 g/mol. The van der Waals surface area contributed by atoms with E-state index in [1.54, 1.807) is 28.1 Å². The number of piperidine rings is 1. The van der Waals surface area contributed by atoms with Gasteiger partial charge < -0.3 is 21.5 Å². The van der Waals surface area contributed by atoms with Crippen LogP contribution in [0.25, 0.3) is 15.4 Å². The van der Waals surface area contributed by atoms with E-state index in [9.17, 15) is 14.0 Å². The number of nitrogens with zero attached hydrogens (tertiary/aromatic N) is 4. The predicted molar refractivity (Wildman–Crippen MR) is 127 cm³/mol. The van der Waals surface area contributed by atoms with E-state index in [0.29, 0.717) is 38.7 Å². The van der Waals surface area contributed by atoms with Gasteiger partial charge in [0.2, 0.25) is 0 Å². The molecule has 1 aliphatic carbocycles. The second-order valence-corrected chi connectivity index (χ2v) is 10.0. The second-order valence-electron chi connectivity index (χ2n) is 8.15. The van der Waals surface area contributed by atoms with Crippen LogP contribution in [0.1, 0.15) is 33.8 Å². The molecular formula is C22H21FN6O3S2. The maximum atomic E-state index is 13.5. The predicted octanol–water partition coefficient (Wildman–Crippen LogP) is 3.19. The molecule has 2 aliphatic rings. The zero-order chi connectivity index (χ0) is 24.0. The average Bonchev–Trinajstić information content (AvgIpc) is 3.22. The average molecular weight is 501 g/mol. The molecule has 176 valence electrons. The number of carboxylic acid groups (broad SMARTS) is 1. The molecule has 1 amide bonds. The van der Waals surface area contributed by atoms with Gasteiger partial charge in [0.05, 0.1) is 11.1 Å². The number of amides is 1. The number of rotatable bonds is 4. The van der Waals surface area contributed by atoms with Crippen LogP contribution in [0.15, 0.2) is 42.0 Å². The number of aromatic nitrogens is 3. The summed E-state index contributed by atoms with van der Waals surface area (Å²) in [6.07, 6.45) is 5.05. The Balaban J connectivity index is 0.000000183. The summed E-state index contributed by atoms with van der Waals surface area (Å²) in [5.74, 6) is -0.870. The first kappa shape index (κ1) is 22.4. The Bertz CT molecular complexity index is 1380. The summed E-state index contributed by atoms with van der Waals surface area (Å²) in [4.78, 5) is 34.8. The van der Waals surface area contributed by atoms with Crippen LogP contribution in [-0.2, 0) is 0 Å². The number of likely N-dealkylation sites (tertiary alicyclic amines) is 1. The molecule has 12 heteroatoms. The second kappa shape index (κ2) is 8.78. The number of thiazole rings is 2. The number of fused-ring (bicyclic) bond motifs is 2. The van der Waals surface area contributed by atoms with Gasteiger partial charge in [0, 0.05) is 30.2 Å². The number of imidazole rings is 1. The number of hydrogen-bond donors (Lipinski definition) is 3. The number of aromatic carboxylic acids is 1. The molecule has 0 unspecified atom stereocenters. The molecule has 3 atom stereocenters. The maximum absolute atomic E-state index is 13.5. The molecule has 4 heterocycles. The Morgan fingerprint density at radius 3 is 2.85 bits per heavy atom. The van der Waals surface area contributed by atoms with E-state index in [-0.39, 0.29) is 29.5 Å². The molecule has 3 aromatic heterocycles. The van der Waals surface area contributed by atoms with E-state index in [0.717, 1.165) is 12.8 Å². The topological polar surface area (TPSA) is 140 Å². The van der Waals surface area contributed by atoms with Gasteiger partial charge in [-0.25, -0.2) is 19.2 Å². The lowest BCUT2D eigenvalue weighted by atomic mass is 10.1. The highest BCUT2D eigenvalue weighted by atomic mass is 32.1. The van der Waals surface area contributed by atoms with Crippen LogP contribution in [0.3, 0.4) is 0 Å². The van der Waals surface area contributed by atoms with Crippen molar-refractivity contribution in [1.82, 2.24) is 19.3 Å². The fourth-order valence-corrected chi connectivity index (χ4v) is 5.91. The molecule has 6 rings (SSSR count). The summed E-state index contributed by atoms with van der Waals surface area (Å²) in [5.41, 5.74) is 12.8. The van der Waals surface area contributed by atoms with Gasteiger partial charge in [-0.05, 0) is 36.5 Å². The van der Waals surface area contributed by atoms with Gasteiger partial charge in [-0.2, -0.15) is 0 Å². The van der Waals surface area contributed by atoms with Crippen LogP contribution in [0.2, 0.25) is 0 Å². The van der Waals surface area contributed by atoms with Crippen molar-refractivity contribution in [3.8, 4) is 10.4 Å². The smallest absolute Gasteiger partial charge is 0.354 e. The van der Waals surface area contributed by atoms with Crippen LogP contribution < -0.4 is 11.5 Å². The van der Waals surface area contributed by atoms with E-state index in [1.807, 2.05) is 4.90 Å². The van der Waals surface area contributed by atoms with Crippen molar-refractivity contribution in [1.29, 1.82) is 0 Å². The Hall–Kier alpha value is -3.35. The monoisotopic (exact) mass is 500 g/mol. The molecule has 5 N–H and O–H groups in total. The molecule has 0 radical (unpaired) electrons. The third-order valence-electron chi connectivity index (χ3n) is 6.02. The Morgan fingerprint density at radius 2 is 2.12 bits per heavy atom.